The summed E-state index contributed by atoms with van der Waals surface area (Å²) < 4.78 is 51.8. The van der Waals surface area contributed by atoms with E-state index in [1.54, 1.807) is 17.0 Å². The van der Waals surface area contributed by atoms with Gasteiger partial charge >= 0.3 is 6.18 Å². The fourth-order valence-corrected chi connectivity index (χ4v) is 3.34. The lowest BCUT2D eigenvalue weighted by molar-refractivity contribution is -0.137. The average Bonchev–Trinajstić information content (AvgIpc) is 2.87. The molecule has 2 aromatic rings. The summed E-state index contributed by atoms with van der Waals surface area (Å²) in [7, 11) is 0. The molecule has 26 heavy (non-hydrogen) atoms. The van der Waals surface area contributed by atoms with Crippen molar-refractivity contribution in [3.63, 3.8) is 0 Å². The number of amides is 1. The predicted molar refractivity (Wildman–Crippen MR) is 90.3 cm³/mol. The molecule has 0 N–H and O–H groups in total. The summed E-state index contributed by atoms with van der Waals surface area (Å²) in [5, 5.41) is 0. The first-order chi connectivity index (χ1) is 12.3. The quantitative estimate of drug-likeness (QED) is 0.665. The molecule has 1 amide bonds. The Kier molecular flexibility index (Phi) is 5.30. The van der Waals surface area contributed by atoms with E-state index in [9.17, 15) is 22.4 Å². The second kappa shape index (κ2) is 7.48. The van der Waals surface area contributed by atoms with Crippen LogP contribution in [0.4, 0.5) is 17.6 Å². The van der Waals surface area contributed by atoms with Gasteiger partial charge in [0, 0.05) is 24.6 Å². The summed E-state index contributed by atoms with van der Waals surface area (Å²) in [4.78, 5) is 14.4. The number of benzene rings is 2. The maximum Gasteiger partial charge on any atom is 0.416 e. The van der Waals surface area contributed by atoms with E-state index in [0.717, 1.165) is 37.0 Å². The van der Waals surface area contributed by atoms with Crippen molar-refractivity contribution in [3.05, 3.63) is 71.0 Å². The maximum atomic E-state index is 13.1. The number of alkyl halides is 3. The number of hydrogen-bond acceptors (Lipinski definition) is 1. The molecule has 1 fully saturated rings. The third kappa shape index (κ3) is 4.23. The van der Waals surface area contributed by atoms with E-state index >= 15 is 0 Å². The van der Waals surface area contributed by atoms with Crippen LogP contribution in [0.15, 0.2) is 48.5 Å². The minimum absolute atomic E-state index is 0.0413. The van der Waals surface area contributed by atoms with Gasteiger partial charge in [0.05, 0.1) is 5.56 Å². The molecule has 1 saturated heterocycles. The highest BCUT2D eigenvalue weighted by molar-refractivity contribution is 5.94. The topological polar surface area (TPSA) is 20.3 Å². The van der Waals surface area contributed by atoms with E-state index < -0.39 is 17.6 Å². The van der Waals surface area contributed by atoms with Crippen LogP contribution in [0, 0.1) is 5.82 Å². The third-order valence-corrected chi connectivity index (χ3v) is 4.74. The summed E-state index contributed by atoms with van der Waals surface area (Å²) in [6, 6.07) is 10.7. The molecule has 1 aliphatic rings. The van der Waals surface area contributed by atoms with Gasteiger partial charge in [0.2, 0.25) is 0 Å². The molecular formula is C20H19F4NO. The molecule has 0 aliphatic carbocycles. The maximum absolute atomic E-state index is 13.1. The fourth-order valence-electron chi connectivity index (χ4n) is 3.34. The molecule has 6 heteroatoms. The van der Waals surface area contributed by atoms with Crippen LogP contribution in [0.25, 0.3) is 0 Å². The molecule has 3 rings (SSSR count). The van der Waals surface area contributed by atoms with Gasteiger partial charge in [-0.25, -0.2) is 4.39 Å². The van der Waals surface area contributed by atoms with Gasteiger partial charge in [-0.05, 0) is 48.7 Å². The highest BCUT2D eigenvalue weighted by Crippen LogP contribution is 2.31. The van der Waals surface area contributed by atoms with E-state index in [-0.39, 0.29) is 17.3 Å². The van der Waals surface area contributed by atoms with Gasteiger partial charge in [-0.1, -0.05) is 24.6 Å². The second-order valence-electron chi connectivity index (χ2n) is 6.57. The predicted octanol–water partition coefficient (Wildman–Crippen LogP) is 5.25. The highest BCUT2D eigenvalue weighted by atomic mass is 19.4. The van der Waals surface area contributed by atoms with E-state index in [2.05, 4.69) is 0 Å². The Hall–Kier alpha value is -2.37. The summed E-state index contributed by atoms with van der Waals surface area (Å²) in [6.45, 7) is 0.924. The zero-order chi connectivity index (χ0) is 18.7. The Morgan fingerprint density at radius 1 is 1.04 bits per heavy atom. The third-order valence-electron chi connectivity index (χ3n) is 4.74. The molecule has 1 atom stereocenters. The van der Waals surface area contributed by atoms with Crippen molar-refractivity contribution in [2.24, 2.45) is 0 Å². The van der Waals surface area contributed by atoms with Crippen LogP contribution in [0.2, 0.25) is 0 Å². The minimum atomic E-state index is -4.48. The number of carbonyl (C=O) groups excluding carboxylic acids is 1. The van der Waals surface area contributed by atoms with Crippen molar-refractivity contribution < 1.29 is 22.4 Å². The molecule has 138 valence electrons. The number of halogens is 4. The number of carbonyl (C=O) groups is 1. The van der Waals surface area contributed by atoms with Gasteiger partial charge in [0.25, 0.3) is 5.91 Å². The van der Waals surface area contributed by atoms with Crippen LogP contribution in [0.3, 0.4) is 0 Å². The molecule has 2 aromatic carbocycles. The number of hydrogen-bond donors (Lipinski definition) is 0. The first kappa shape index (κ1) is 18.4. The Morgan fingerprint density at radius 2 is 1.77 bits per heavy atom. The number of rotatable bonds is 2. The van der Waals surface area contributed by atoms with Crippen molar-refractivity contribution in [1.29, 1.82) is 0 Å². The number of nitrogens with zero attached hydrogens (tertiary/aromatic N) is 1. The van der Waals surface area contributed by atoms with E-state index in [1.807, 2.05) is 0 Å². The smallest absolute Gasteiger partial charge is 0.338 e. The van der Waals surface area contributed by atoms with Gasteiger partial charge in [0.15, 0.2) is 0 Å². The second-order valence-corrected chi connectivity index (χ2v) is 6.57. The molecule has 1 unspecified atom stereocenters. The Balaban J connectivity index is 1.81. The van der Waals surface area contributed by atoms with Gasteiger partial charge in [-0.3, -0.25) is 4.79 Å². The first-order valence-electron chi connectivity index (χ1n) is 8.56. The van der Waals surface area contributed by atoms with Crippen molar-refractivity contribution in [1.82, 2.24) is 4.90 Å². The summed E-state index contributed by atoms with van der Waals surface area (Å²) in [5.41, 5.74) is 0.156. The zero-order valence-electron chi connectivity index (χ0n) is 14.1. The largest absolute Gasteiger partial charge is 0.416 e. The van der Waals surface area contributed by atoms with Crippen molar-refractivity contribution in [2.75, 3.05) is 13.1 Å². The van der Waals surface area contributed by atoms with Crippen molar-refractivity contribution >= 4 is 5.91 Å². The molecule has 0 radical (unpaired) electrons. The SMILES string of the molecule is O=C(c1cccc(C(F)(F)F)c1)N1CCCCC(c2ccc(F)cc2)C1. The molecule has 1 aliphatic heterocycles. The van der Waals surface area contributed by atoms with Crippen LogP contribution >= 0.6 is 0 Å². The molecule has 1 heterocycles. The van der Waals surface area contributed by atoms with Gasteiger partial charge in [0.1, 0.15) is 5.82 Å². The Morgan fingerprint density at radius 3 is 2.46 bits per heavy atom. The molecule has 0 spiro atoms. The van der Waals surface area contributed by atoms with Crippen molar-refractivity contribution in [3.8, 4) is 0 Å². The molecule has 2 nitrogen and oxygen atoms in total. The van der Waals surface area contributed by atoms with E-state index in [1.165, 1.54) is 24.3 Å². The molecule has 0 aromatic heterocycles. The normalized spacial score (nSPS) is 18.5. The minimum Gasteiger partial charge on any atom is -0.338 e. The molecule has 0 bridgehead atoms. The fraction of sp³-hybridized carbons (Fsp3) is 0.350. The summed E-state index contributed by atoms with van der Waals surface area (Å²) in [5.74, 6) is -0.669. The van der Waals surface area contributed by atoms with Crippen LogP contribution in [-0.4, -0.2) is 23.9 Å². The van der Waals surface area contributed by atoms with Crippen LogP contribution in [-0.2, 0) is 6.18 Å². The van der Waals surface area contributed by atoms with Crippen LogP contribution in [0.5, 0.6) is 0 Å². The van der Waals surface area contributed by atoms with Gasteiger partial charge < -0.3 is 4.90 Å². The summed E-state index contributed by atoms with van der Waals surface area (Å²) in [6.07, 6.45) is -1.92. The highest BCUT2D eigenvalue weighted by Gasteiger charge is 2.32. The first-order valence-corrected chi connectivity index (χ1v) is 8.56. The lowest BCUT2D eigenvalue weighted by Crippen LogP contribution is -2.34. The lowest BCUT2D eigenvalue weighted by atomic mass is 9.94. The van der Waals surface area contributed by atoms with Gasteiger partial charge in [-0.15, -0.1) is 0 Å². The van der Waals surface area contributed by atoms with E-state index in [0.29, 0.717) is 13.1 Å². The monoisotopic (exact) mass is 365 g/mol. The van der Waals surface area contributed by atoms with Crippen molar-refractivity contribution in [2.45, 2.75) is 31.4 Å². The molecular weight excluding hydrogens is 346 g/mol. The lowest BCUT2D eigenvalue weighted by Gasteiger charge is -2.25. The number of likely N-dealkylation sites (tertiary alicyclic amines) is 1. The molecule has 0 saturated carbocycles. The summed E-state index contributed by atoms with van der Waals surface area (Å²) >= 11 is 0. The zero-order valence-corrected chi connectivity index (χ0v) is 14.1. The van der Waals surface area contributed by atoms with Crippen LogP contribution in [0.1, 0.15) is 46.7 Å². The van der Waals surface area contributed by atoms with Gasteiger partial charge in [-0.2, -0.15) is 13.2 Å². The van der Waals surface area contributed by atoms with Crippen LogP contribution < -0.4 is 0 Å². The average molecular weight is 365 g/mol. The van der Waals surface area contributed by atoms with E-state index in [4.69, 9.17) is 0 Å². The Labute approximate surface area is 149 Å². The Bertz CT molecular complexity index is 770. The standard InChI is InChI=1S/C20H19F4NO/c21-18-9-7-14(8-10-18)16-4-1-2-11-25(13-16)19(26)15-5-3-6-17(12-15)20(22,23)24/h3,5-10,12,16H,1-2,4,11,13H2.